The normalized spacial score (nSPS) is 9.73. The van der Waals surface area contributed by atoms with Gasteiger partial charge in [0.15, 0.2) is 0 Å². The zero-order chi connectivity index (χ0) is 11.6. The molecule has 0 bridgehead atoms. The molecule has 15 heavy (non-hydrogen) atoms. The molecule has 0 fully saturated rings. The molecule has 0 atom stereocenters. The molecule has 0 heterocycles. The maximum absolute atomic E-state index is 10.4. The Morgan fingerprint density at radius 2 is 1.80 bits per heavy atom. The fraction of sp³-hybridized carbons (Fsp3) is 0. The average Bonchev–Trinajstić information content (AvgIpc) is 2.16. The predicted molar refractivity (Wildman–Crippen MR) is 47.4 cm³/mol. The lowest BCUT2D eigenvalue weighted by Crippen LogP contribution is -2.09. The van der Waals surface area contributed by atoms with E-state index in [4.69, 9.17) is 5.21 Å². The third kappa shape index (κ3) is 2.15. The molecule has 80 valence electrons. The van der Waals surface area contributed by atoms with E-state index < -0.39 is 32.1 Å². The van der Waals surface area contributed by atoms with E-state index in [1.165, 1.54) is 0 Å². The second-order valence-corrected chi connectivity index (χ2v) is 2.46. The largest absolute Gasteiger partial charge is 0.733 e. The summed E-state index contributed by atoms with van der Waals surface area (Å²) in [6.07, 6.45) is 0. The Kier molecular flexibility index (Phi) is 2.78. The van der Waals surface area contributed by atoms with Crippen molar-refractivity contribution >= 4 is 17.1 Å². The van der Waals surface area contributed by atoms with E-state index in [1.807, 2.05) is 0 Å². The van der Waals surface area contributed by atoms with Crippen molar-refractivity contribution in [2.75, 3.05) is 5.23 Å². The second kappa shape index (κ2) is 3.86. The van der Waals surface area contributed by atoms with Crippen LogP contribution in [-0.2, 0) is 0 Å². The van der Waals surface area contributed by atoms with Gasteiger partial charge in [-0.15, -0.1) is 0 Å². The van der Waals surface area contributed by atoms with Crippen LogP contribution in [0.25, 0.3) is 0 Å². The number of benzene rings is 1. The van der Waals surface area contributed by atoms with Crippen LogP contribution in [0, 0.1) is 25.4 Å². The van der Waals surface area contributed by atoms with E-state index in [0.717, 1.165) is 12.1 Å². The van der Waals surface area contributed by atoms with Gasteiger partial charge in [0.25, 0.3) is 5.69 Å². The first kappa shape index (κ1) is 10.8. The molecule has 1 aromatic carbocycles. The van der Waals surface area contributed by atoms with Gasteiger partial charge in [0.05, 0.1) is 15.9 Å². The second-order valence-electron chi connectivity index (χ2n) is 2.46. The number of nitro benzene ring substituents is 2. The van der Waals surface area contributed by atoms with Crippen LogP contribution < -0.4 is 5.23 Å². The number of rotatable bonds is 3. The first-order chi connectivity index (χ1) is 6.93. The molecule has 1 rings (SSSR count). The Labute approximate surface area is 82.0 Å². The highest BCUT2D eigenvalue weighted by atomic mass is 16.8. The molecule has 0 saturated heterocycles. The molecule has 9 heteroatoms. The molecular formula is C6H4N3O6-. The summed E-state index contributed by atoms with van der Waals surface area (Å²) in [5.41, 5.74) is -2.03. The predicted octanol–water partition coefficient (Wildman–Crippen LogP) is 1.20. The number of hydrogen-bond acceptors (Lipinski definition) is 7. The number of non-ortho nitro benzene ring substituents is 1. The summed E-state index contributed by atoms with van der Waals surface area (Å²) in [5.74, 6) is 0. The molecule has 0 radical (unpaired) electrons. The standard InChI is InChI=1S/C6H4N3O6/c10-7(11)4-1-2-5(8(12)13)6(3-4)9(14)15/h1-3,12H/q-1. The van der Waals surface area contributed by atoms with Crippen molar-refractivity contribution in [1.29, 1.82) is 0 Å². The summed E-state index contributed by atoms with van der Waals surface area (Å²) in [4.78, 5) is 18.9. The summed E-state index contributed by atoms with van der Waals surface area (Å²) in [6, 6.07) is 2.27. The average molecular weight is 214 g/mol. The Morgan fingerprint density at radius 3 is 2.20 bits per heavy atom. The van der Waals surface area contributed by atoms with Crippen LogP contribution in [0.2, 0.25) is 0 Å². The lowest BCUT2D eigenvalue weighted by Gasteiger charge is -2.20. The van der Waals surface area contributed by atoms with Gasteiger partial charge in [0, 0.05) is 6.07 Å². The number of nitro groups is 2. The van der Waals surface area contributed by atoms with Crippen LogP contribution in [0.3, 0.4) is 0 Å². The smallest absolute Gasteiger partial charge is 0.300 e. The lowest BCUT2D eigenvalue weighted by molar-refractivity contribution is -0.393. The highest BCUT2D eigenvalue weighted by molar-refractivity contribution is 5.65. The van der Waals surface area contributed by atoms with E-state index in [0.29, 0.717) is 6.07 Å². The third-order valence-corrected chi connectivity index (χ3v) is 1.57. The van der Waals surface area contributed by atoms with Crippen LogP contribution >= 0.6 is 0 Å². The number of nitrogens with zero attached hydrogens (tertiary/aromatic N) is 3. The maximum atomic E-state index is 10.4. The first-order valence-electron chi connectivity index (χ1n) is 3.52. The van der Waals surface area contributed by atoms with E-state index in [9.17, 15) is 25.4 Å². The molecule has 0 unspecified atom stereocenters. The Bertz CT molecular complexity index is 417. The fourth-order valence-corrected chi connectivity index (χ4v) is 0.933. The molecule has 9 nitrogen and oxygen atoms in total. The quantitative estimate of drug-likeness (QED) is 0.589. The van der Waals surface area contributed by atoms with Gasteiger partial charge in [0.2, 0.25) is 0 Å². The van der Waals surface area contributed by atoms with Gasteiger partial charge in [-0.1, -0.05) is 0 Å². The minimum atomic E-state index is -0.997. The van der Waals surface area contributed by atoms with Crippen LogP contribution in [0.5, 0.6) is 0 Å². The Morgan fingerprint density at radius 1 is 1.20 bits per heavy atom. The molecular weight excluding hydrogens is 210 g/mol. The van der Waals surface area contributed by atoms with E-state index in [2.05, 4.69) is 0 Å². The number of anilines is 1. The molecule has 0 spiro atoms. The van der Waals surface area contributed by atoms with Gasteiger partial charge in [-0.3, -0.25) is 25.4 Å². The Hall–Kier alpha value is -2.26. The van der Waals surface area contributed by atoms with E-state index in [-0.39, 0.29) is 0 Å². The third-order valence-electron chi connectivity index (χ3n) is 1.57. The molecule has 0 saturated carbocycles. The summed E-state index contributed by atoms with van der Waals surface area (Å²) in [6.45, 7) is 0. The molecule has 1 aromatic rings. The van der Waals surface area contributed by atoms with Crippen molar-refractivity contribution in [3.8, 4) is 0 Å². The van der Waals surface area contributed by atoms with Crippen molar-refractivity contribution in [2.24, 2.45) is 0 Å². The SMILES string of the molecule is O=[N+]([O-])c1ccc(N([O-])O)c([N+](=O)[O-])c1. The zero-order valence-electron chi connectivity index (χ0n) is 7.06. The van der Waals surface area contributed by atoms with Gasteiger partial charge in [-0.2, -0.15) is 0 Å². The zero-order valence-corrected chi connectivity index (χ0v) is 7.06. The van der Waals surface area contributed by atoms with Crippen molar-refractivity contribution in [2.45, 2.75) is 0 Å². The van der Waals surface area contributed by atoms with Crippen molar-refractivity contribution < 1.29 is 15.1 Å². The van der Waals surface area contributed by atoms with Gasteiger partial charge < -0.3 is 10.4 Å². The summed E-state index contributed by atoms with van der Waals surface area (Å²) >= 11 is 0. The highest BCUT2D eigenvalue weighted by Crippen LogP contribution is 2.30. The van der Waals surface area contributed by atoms with Crippen molar-refractivity contribution in [3.05, 3.63) is 43.6 Å². The van der Waals surface area contributed by atoms with Crippen molar-refractivity contribution in [3.63, 3.8) is 0 Å². The lowest BCUT2D eigenvalue weighted by atomic mass is 10.2. The van der Waals surface area contributed by atoms with E-state index in [1.54, 1.807) is 0 Å². The van der Waals surface area contributed by atoms with E-state index >= 15 is 0 Å². The summed E-state index contributed by atoms with van der Waals surface area (Å²) < 4.78 is 0. The molecule has 0 aliphatic carbocycles. The molecule has 0 aliphatic heterocycles. The molecule has 0 amide bonds. The first-order valence-corrected chi connectivity index (χ1v) is 3.52. The topological polar surface area (TPSA) is 133 Å². The van der Waals surface area contributed by atoms with Crippen LogP contribution in [0.15, 0.2) is 18.2 Å². The summed E-state index contributed by atoms with van der Waals surface area (Å²) in [5, 5.41) is 38.9. The van der Waals surface area contributed by atoms with Gasteiger partial charge in [0.1, 0.15) is 5.69 Å². The number of hydrogen-bond donors (Lipinski definition) is 1. The fourth-order valence-electron chi connectivity index (χ4n) is 0.933. The van der Waals surface area contributed by atoms with Crippen molar-refractivity contribution in [1.82, 2.24) is 0 Å². The maximum Gasteiger partial charge on any atom is 0.300 e. The van der Waals surface area contributed by atoms with Gasteiger partial charge in [-0.05, 0) is 6.07 Å². The molecule has 1 N–H and O–H groups in total. The van der Waals surface area contributed by atoms with Crippen LogP contribution in [0.4, 0.5) is 17.1 Å². The van der Waals surface area contributed by atoms with Crippen LogP contribution in [-0.4, -0.2) is 15.1 Å². The summed E-state index contributed by atoms with van der Waals surface area (Å²) in [7, 11) is 0. The van der Waals surface area contributed by atoms with Gasteiger partial charge >= 0.3 is 5.69 Å². The highest BCUT2D eigenvalue weighted by Gasteiger charge is 2.19. The minimum absolute atomic E-state index is 0.535. The molecule has 0 aromatic heterocycles. The van der Waals surface area contributed by atoms with Gasteiger partial charge in [-0.25, -0.2) is 0 Å². The minimum Gasteiger partial charge on any atom is -0.733 e. The van der Waals surface area contributed by atoms with Crippen LogP contribution in [0.1, 0.15) is 0 Å². The molecule has 0 aliphatic rings. The monoisotopic (exact) mass is 214 g/mol. The Balaban J connectivity index is 3.33.